The number of aromatic nitrogens is 3. The molecule has 1 aromatic carbocycles. The van der Waals surface area contributed by atoms with Gasteiger partial charge in [-0.2, -0.15) is 0 Å². The van der Waals surface area contributed by atoms with Gasteiger partial charge in [-0.15, -0.1) is 5.10 Å². The summed E-state index contributed by atoms with van der Waals surface area (Å²) in [6.07, 6.45) is 1.02. The molecular weight excluding hydrogens is 572 g/mol. The number of carboxylic acid groups (broad SMARTS) is 1. The number of rotatable bonds is 8. The van der Waals surface area contributed by atoms with E-state index in [2.05, 4.69) is 10.3 Å². The summed E-state index contributed by atoms with van der Waals surface area (Å²) < 4.78 is 34.5. The maximum absolute atomic E-state index is 14.3. The second kappa shape index (κ2) is 11.8. The first-order valence-electron chi connectivity index (χ1n) is 14.4. The summed E-state index contributed by atoms with van der Waals surface area (Å²) in [5.41, 5.74) is -0.223. The van der Waals surface area contributed by atoms with E-state index in [0.717, 1.165) is 23.1 Å². The molecule has 0 bridgehead atoms. The first-order chi connectivity index (χ1) is 19.9. The van der Waals surface area contributed by atoms with Crippen LogP contribution in [0.15, 0.2) is 12.1 Å². The molecule has 0 radical (unpaired) electrons. The van der Waals surface area contributed by atoms with E-state index in [1.54, 1.807) is 28.9 Å². The number of fused-ring (bicyclic) bond motifs is 1. The van der Waals surface area contributed by atoms with E-state index in [4.69, 9.17) is 16.3 Å². The molecule has 1 saturated carbocycles. The monoisotopic (exact) mass is 607 g/mol. The smallest absolute Gasteiger partial charge is 0.310 e. The summed E-state index contributed by atoms with van der Waals surface area (Å²) in [5, 5.41) is 18.2. The number of carbonyl (C=O) groups is 3. The van der Waals surface area contributed by atoms with Crippen molar-refractivity contribution in [3.8, 4) is 5.75 Å². The minimum absolute atomic E-state index is 0.0146. The molecule has 13 heteroatoms. The van der Waals surface area contributed by atoms with Crippen LogP contribution in [0.1, 0.15) is 87.4 Å². The van der Waals surface area contributed by atoms with Crippen LogP contribution in [0, 0.1) is 11.3 Å². The van der Waals surface area contributed by atoms with E-state index in [0.29, 0.717) is 55.0 Å². The quantitative estimate of drug-likeness (QED) is 0.462. The summed E-state index contributed by atoms with van der Waals surface area (Å²) in [4.78, 5) is 43.0. The minimum Gasteiger partial charge on any atom is -0.487 e. The molecule has 3 heterocycles. The van der Waals surface area contributed by atoms with Gasteiger partial charge in [-0.25, -0.2) is 13.5 Å². The van der Waals surface area contributed by atoms with Crippen molar-refractivity contribution in [1.82, 2.24) is 24.8 Å². The molecule has 2 amide bonds. The lowest BCUT2D eigenvalue weighted by molar-refractivity contribution is -0.162. The predicted molar refractivity (Wildman–Crippen MR) is 148 cm³/mol. The molecule has 1 N–H and O–H groups in total. The van der Waals surface area contributed by atoms with Crippen LogP contribution < -0.4 is 4.74 Å². The molecule has 2 aromatic rings. The Morgan fingerprint density at radius 3 is 2.67 bits per heavy atom. The number of carboxylic acids is 1. The fraction of sp³-hybridized carbons (Fsp3) is 0.621. The number of benzene rings is 1. The first kappa shape index (κ1) is 30.2. The van der Waals surface area contributed by atoms with E-state index < -0.39 is 29.8 Å². The van der Waals surface area contributed by atoms with E-state index >= 15 is 0 Å². The van der Waals surface area contributed by atoms with Gasteiger partial charge in [0, 0.05) is 43.2 Å². The van der Waals surface area contributed by atoms with E-state index in [1.807, 2.05) is 6.92 Å². The number of alkyl halides is 2. The first-order valence-corrected chi connectivity index (χ1v) is 14.8. The molecule has 4 atom stereocenters. The van der Waals surface area contributed by atoms with Crippen LogP contribution in [0.3, 0.4) is 0 Å². The van der Waals surface area contributed by atoms with Gasteiger partial charge in [0.2, 0.25) is 11.8 Å². The van der Waals surface area contributed by atoms with Crippen LogP contribution in [-0.2, 0) is 34.5 Å². The predicted octanol–water partition coefficient (Wildman–Crippen LogP) is 4.70. The topological polar surface area (TPSA) is 118 Å². The van der Waals surface area contributed by atoms with E-state index in [1.165, 1.54) is 7.05 Å². The second-order valence-corrected chi connectivity index (χ2v) is 12.2. The van der Waals surface area contributed by atoms with Gasteiger partial charge in [-0.05, 0) is 57.2 Å². The number of aryl methyl sites for hydroxylation is 1. The Bertz CT molecular complexity index is 1390. The van der Waals surface area contributed by atoms with Gasteiger partial charge in [-0.1, -0.05) is 29.7 Å². The number of hydrogen-bond acceptors (Lipinski definition) is 6. The van der Waals surface area contributed by atoms with Gasteiger partial charge in [0.1, 0.15) is 23.7 Å². The van der Waals surface area contributed by atoms with Crippen LogP contribution in [-0.4, -0.2) is 66.8 Å². The highest BCUT2D eigenvalue weighted by atomic mass is 35.5. The van der Waals surface area contributed by atoms with Crippen molar-refractivity contribution < 1.29 is 33.0 Å². The van der Waals surface area contributed by atoms with E-state index in [-0.39, 0.29) is 42.4 Å². The average molecular weight is 608 g/mol. The van der Waals surface area contributed by atoms with Crippen molar-refractivity contribution in [2.24, 2.45) is 18.4 Å². The molecule has 1 unspecified atom stereocenters. The molecule has 2 fully saturated rings. The molecule has 0 spiro atoms. The number of ether oxygens (including phenoxy) is 1. The van der Waals surface area contributed by atoms with Crippen LogP contribution in [0.2, 0.25) is 5.02 Å². The standard InChI is InChI=1S/C29H36ClF2N5O5/c1-16-7-10-23(38)37(16)14-21-24-17(11-13-36(21)27(39)18-6-4-5-12-29(18,2)28(40)41)19(30)8-9-22(24)42-15-20-25(26(31)32)35(3)34-33-20/h8-9,16,18,21,26H,4-7,10-15H2,1-3H3,(H,40,41)/t16?,18-,21+,29-/m0/s1. The molecule has 1 saturated heterocycles. The summed E-state index contributed by atoms with van der Waals surface area (Å²) in [6, 6.07) is 2.59. The van der Waals surface area contributed by atoms with Crippen molar-refractivity contribution in [2.75, 3.05) is 13.1 Å². The van der Waals surface area contributed by atoms with Crippen molar-refractivity contribution in [1.29, 1.82) is 0 Å². The van der Waals surface area contributed by atoms with Gasteiger partial charge in [0.15, 0.2) is 0 Å². The third kappa shape index (κ3) is 5.33. The zero-order valence-corrected chi connectivity index (χ0v) is 24.7. The maximum atomic E-state index is 14.3. The Hall–Kier alpha value is -3.28. The maximum Gasteiger partial charge on any atom is 0.310 e. The van der Waals surface area contributed by atoms with Crippen molar-refractivity contribution in [3.63, 3.8) is 0 Å². The molecular formula is C29H36ClF2N5O5. The minimum atomic E-state index is -2.80. The number of aliphatic carboxylic acids is 1. The molecule has 1 aliphatic carbocycles. The lowest BCUT2D eigenvalue weighted by atomic mass is 9.66. The van der Waals surface area contributed by atoms with Crippen LogP contribution in [0.25, 0.3) is 0 Å². The largest absolute Gasteiger partial charge is 0.487 e. The molecule has 228 valence electrons. The number of hydrogen-bond donors (Lipinski definition) is 1. The Morgan fingerprint density at radius 1 is 1.24 bits per heavy atom. The van der Waals surface area contributed by atoms with Gasteiger partial charge in [0.25, 0.3) is 6.43 Å². The van der Waals surface area contributed by atoms with Gasteiger partial charge in [0.05, 0.1) is 17.4 Å². The van der Waals surface area contributed by atoms with Gasteiger partial charge < -0.3 is 19.6 Å². The molecule has 42 heavy (non-hydrogen) atoms. The fourth-order valence-electron chi connectivity index (χ4n) is 6.81. The normalized spacial score (nSPS) is 26.1. The number of carbonyl (C=O) groups excluding carboxylic acids is 2. The lowest BCUT2D eigenvalue weighted by Crippen LogP contribution is -2.53. The summed E-state index contributed by atoms with van der Waals surface area (Å²) in [6.45, 7) is 3.78. The highest BCUT2D eigenvalue weighted by molar-refractivity contribution is 6.31. The number of likely N-dealkylation sites (tertiary alicyclic amines) is 1. The van der Waals surface area contributed by atoms with Crippen molar-refractivity contribution in [3.05, 3.63) is 39.7 Å². The summed E-state index contributed by atoms with van der Waals surface area (Å²) in [7, 11) is 1.38. The van der Waals surface area contributed by atoms with Gasteiger partial charge >= 0.3 is 5.97 Å². The zero-order valence-electron chi connectivity index (χ0n) is 24.0. The lowest BCUT2D eigenvalue weighted by Gasteiger charge is -2.45. The second-order valence-electron chi connectivity index (χ2n) is 11.8. The summed E-state index contributed by atoms with van der Waals surface area (Å²) in [5.74, 6) is -1.68. The highest BCUT2D eigenvalue weighted by Gasteiger charge is 2.50. The Morgan fingerprint density at radius 2 is 2.00 bits per heavy atom. The van der Waals surface area contributed by atoms with Crippen LogP contribution in [0.4, 0.5) is 8.78 Å². The molecule has 2 aliphatic heterocycles. The van der Waals surface area contributed by atoms with Crippen LogP contribution >= 0.6 is 11.6 Å². The number of halogens is 3. The highest BCUT2D eigenvalue weighted by Crippen LogP contribution is 2.46. The Labute approximate surface area is 247 Å². The summed E-state index contributed by atoms with van der Waals surface area (Å²) >= 11 is 6.66. The van der Waals surface area contributed by atoms with E-state index in [9.17, 15) is 28.3 Å². The number of nitrogens with zero attached hydrogens (tertiary/aromatic N) is 5. The molecule has 3 aliphatic rings. The average Bonchev–Trinajstić information content (AvgIpc) is 3.49. The number of amides is 2. The molecule has 1 aromatic heterocycles. The molecule has 5 rings (SSSR count). The third-order valence-corrected chi connectivity index (χ3v) is 9.72. The SMILES string of the molecule is CC1CCC(=O)N1C[C@@H]1c2c(OCc3nnn(C)c3C(F)F)ccc(Cl)c2CCN1C(=O)[C@@H]1CCCC[C@]1(C)C(=O)O. The van der Waals surface area contributed by atoms with Crippen LogP contribution in [0.5, 0.6) is 5.75 Å². The van der Waals surface area contributed by atoms with Gasteiger partial charge in [-0.3, -0.25) is 14.4 Å². The Kier molecular flexibility index (Phi) is 8.46. The zero-order chi connectivity index (χ0) is 30.3. The fourth-order valence-corrected chi connectivity index (χ4v) is 7.07. The Balaban J connectivity index is 1.55. The van der Waals surface area contributed by atoms with Crippen molar-refractivity contribution in [2.45, 2.75) is 83.9 Å². The third-order valence-electron chi connectivity index (χ3n) is 9.36. The van der Waals surface area contributed by atoms with Crippen molar-refractivity contribution >= 4 is 29.4 Å². The molecule has 10 nitrogen and oxygen atoms in total.